The normalized spacial score (nSPS) is 14.1. The SMILES string of the molecule is COC(=O)N[C@H](C(C)C)C(C)(C)C. The highest BCUT2D eigenvalue weighted by molar-refractivity contribution is 5.67. The number of methoxy groups -OCH3 is 1. The maximum absolute atomic E-state index is 11.0. The Morgan fingerprint density at radius 1 is 1.31 bits per heavy atom. The van der Waals surface area contributed by atoms with Crippen molar-refractivity contribution in [2.45, 2.75) is 40.7 Å². The smallest absolute Gasteiger partial charge is 0.407 e. The van der Waals surface area contributed by atoms with Gasteiger partial charge in [-0.3, -0.25) is 0 Å². The number of hydrogen-bond donors (Lipinski definition) is 1. The summed E-state index contributed by atoms with van der Waals surface area (Å²) in [4.78, 5) is 11.0. The van der Waals surface area contributed by atoms with Gasteiger partial charge in [-0.05, 0) is 11.3 Å². The first kappa shape index (κ1) is 12.3. The van der Waals surface area contributed by atoms with E-state index in [0.717, 1.165) is 0 Å². The highest BCUT2D eigenvalue weighted by Gasteiger charge is 2.28. The number of carbonyl (C=O) groups is 1. The third-order valence-electron chi connectivity index (χ3n) is 2.06. The molecule has 0 spiro atoms. The molecule has 0 saturated carbocycles. The van der Waals surface area contributed by atoms with E-state index in [1.807, 2.05) is 0 Å². The minimum Gasteiger partial charge on any atom is -0.453 e. The van der Waals surface area contributed by atoms with Crippen LogP contribution in [0.25, 0.3) is 0 Å². The van der Waals surface area contributed by atoms with Crippen LogP contribution in [-0.4, -0.2) is 19.2 Å². The fourth-order valence-electron chi connectivity index (χ4n) is 1.57. The monoisotopic (exact) mass is 187 g/mol. The highest BCUT2D eigenvalue weighted by Crippen LogP contribution is 2.24. The Morgan fingerprint density at radius 3 is 2.00 bits per heavy atom. The van der Waals surface area contributed by atoms with Gasteiger partial charge in [-0.15, -0.1) is 0 Å². The summed E-state index contributed by atoms with van der Waals surface area (Å²) in [6.45, 7) is 10.5. The third kappa shape index (κ3) is 4.15. The Bertz CT molecular complexity index is 170. The first-order chi connectivity index (χ1) is 5.79. The van der Waals surface area contributed by atoms with Crippen molar-refractivity contribution in [1.29, 1.82) is 0 Å². The van der Waals surface area contributed by atoms with Crippen molar-refractivity contribution >= 4 is 6.09 Å². The van der Waals surface area contributed by atoms with Gasteiger partial charge < -0.3 is 10.1 Å². The van der Waals surface area contributed by atoms with Crippen molar-refractivity contribution in [3.05, 3.63) is 0 Å². The number of alkyl carbamates (subject to hydrolysis) is 1. The fourth-order valence-corrected chi connectivity index (χ4v) is 1.57. The summed E-state index contributed by atoms with van der Waals surface area (Å²) in [7, 11) is 1.38. The lowest BCUT2D eigenvalue weighted by atomic mass is 9.80. The van der Waals surface area contributed by atoms with Crippen molar-refractivity contribution in [3.8, 4) is 0 Å². The molecule has 0 rings (SSSR count). The third-order valence-corrected chi connectivity index (χ3v) is 2.06. The summed E-state index contributed by atoms with van der Waals surface area (Å²) in [6, 6.07) is 0.139. The highest BCUT2D eigenvalue weighted by atomic mass is 16.5. The van der Waals surface area contributed by atoms with Crippen LogP contribution in [0.2, 0.25) is 0 Å². The molecule has 3 heteroatoms. The van der Waals surface area contributed by atoms with Gasteiger partial charge in [0.1, 0.15) is 0 Å². The van der Waals surface area contributed by atoms with Gasteiger partial charge >= 0.3 is 6.09 Å². The molecule has 1 amide bonds. The number of hydrogen-bond acceptors (Lipinski definition) is 2. The molecule has 0 unspecified atom stereocenters. The lowest BCUT2D eigenvalue weighted by molar-refractivity contribution is 0.142. The van der Waals surface area contributed by atoms with E-state index in [0.29, 0.717) is 5.92 Å². The molecular formula is C10H21NO2. The molecule has 0 aliphatic heterocycles. The maximum Gasteiger partial charge on any atom is 0.407 e. The zero-order valence-electron chi connectivity index (χ0n) is 9.47. The van der Waals surface area contributed by atoms with Crippen LogP contribution in [0, 0.1) is 11.3 Å². The summed E-state index contributed by atoms with van der Waals surface area (Å²) < 4.78 is 4.58. The van der Waals surface area contributed by atoms with E-state index in [1.165, 1.54) is 7.11 Å². The predicted octanol–water partition coefficient (Wildman–Crippen LogP) is 2.41. The van der Waals surface area contributed by atoms with Gasteiger partial charge in [-0.1, -0.05) is 34.6 Å². The van der Waals surface area contributed by atoms with Crippen molar-refractivity contribution in [2.24, 2.45) is 11.3 Å². The molecule has 13 heavy (non-hydrogen) atoms. The Balaban J connectivity index is 4.36. The van der Waals surface area contributed by atoms with Crippen molar-refractivity contribution in [1.82, 2.24) is 5.32 Å². The zero-order valence-corrected chi connectivity index (χ0v) is 9.47. The average molecular weight is 187 g/mol. The molecule has 0 aliphatic rings. The molecular weight excluding hydrogens is 166 g/mol. The molecule has 0 radical (unpaired) electrons. The Labute approximate surface area is 80.8 Å². The van der Waals surface area contributed by atoms with Crippen LogP contribution in [0.15, 0.2) is 0 Å². The lowest BCUT2D eigenvalue weighted by Crippen LogP contribution is -2.47. The minimum atomic E-state index is -0.353. The van der Waals surface area contributed by atoms with Crippen molar-refractivity contribution in [3.63, 3.8) is 0 Å². The number of amides is 1. The van der Waals surface area contributed by atoms with Crippen LogP contribution < -0.4 is 5.32 Å². The Kier molecular flexibility index (Phi) is 4.24. The molecule has 1 N–H and O–H groups in total. The fraction of sp³-hybridized carbons (Fsp3) is 0.900. The number of nitrogens with one attached hydrogen (secondary N) is 1. The van der Waals surface area contributed by atoms with Crippen molar-refractivity contribution in [2.75, 3.05) is 7.11 Å². The number of rotatable bonds is 2. The van der Waals surface area contributed by atoms with Gasteiger partial charge in [-0.2, -0.15) is 0 Å². The van der Waals surface area contributed by atoms with Gasteiger partial charge in [-0.25, -0.2) is 4.79 Å². The predicted molar refractivity (Wildman–Crippen MR) is 53.6 cm³/mol. The summed E-state index contributed by atoms with van der Waals surface area (Å²) in [6.07, 6.45) is -0.353. The molecule has 0 aromatic carbocycles. The summed E-state index contributed by atoms with van der Waals surface area (Å²) >= 11 is 0. The molecule has 0 bridgehead atoms. The molecule has 3 nitrogen and oxygen atoms in total. The average Bonchev–Trinajstić information content (AvgIpc) is 1.96. The van der Waals surface area contributed by atoms with Gasteiger partial charge in [0.05, 0.1) is 7.11 Å². The van der Waals surface area contributed by atoms with E-state index in [9.17, 15) is 4.79 Å². The standard InChI is InChI=1S/C10H21NO2/c1-7(2)8(10(3,4)5)11-9(12)13-6/h7-8H,1-6H3,(H,11,12)/t8-/m1/s1. The first-order valence-corrected chi connectivity index (χ1v) is 4.63. The van der Waals surface area contributed by atoms with Gasteiger partial charge in [0.2, 0.25) is 0 Å². The van der Waals surface area contributed by atoms with Crippen LogP contribution >= 0.6 is 0 Å². The molecule has 78 valence electrons. The van der Waals surface area contributed by atoms with Crippen LogP contribution in [0.1, 0.15) is 34.6 Å². The molecule has 0 fully saturated rings. The maximum atomic E-state index is 11.0. The summed E-state index contributed by atoms with van der Waals surface area (Å²) in [5, 5.41) is 2.84. The summed E-state index contributed by atoms with van der Waals surface area (Å²) in [5.74, 6) is 0.402. The van der Waals surface area contributed by atoms with Crippen molar-refractivity contribution < 1.29 is 9.53 Å². The lowest BCUT2D eigenvalue weighted by Gasteiger charge is -2.34. The van der Waals surface area contributed by atoms with Gasteiger partial charge in [0.25, 0.3) is 0 Å². The van der Waals surface area contributed by atoms with E-state index in [4.69, 9.17) is 0 Å². The first-order valence-electron chi connectivity index (χ1n) is 4.63. The van der Waals surface area contributed by atoms with Gasteiger partial charge in [0, 0.05) is 6.04 Å². The Morgan fingerprint density at radius 2 is 1.77 bits per heavy atom. The van der Waals surface area contributed by atoms with E-state index in [1.54, 1.807) is 0 Å². The second kappa shape index (κ2) is 4.49. The van der Waals surface area contributed by atoms with E-state index < -0.39 is 0 Å². The van der Waals surface area contributed by atoms with Crippen LogP contribution in [0.3, 0.4) is 0 Å². The zero-order chi connectivity index (χ0) is 10.6. The number of carbonyl (C=O) groups excluding carboxylic acids is 1. The molecule has 0 heterocycles. The van der Waals surface area contributed by atoms with E-state index in [-0.39, 0.29) is 17.6 Å². The molecule has 0 aromatic heterocycles. The van der Waals surface area contributed by atoms with Gasteiger partial charge in [0.15, 0.2) is 0 Å². The van der Waals surface area contributed by atoms with Crippen LogP contribution in [0.4, 0.5) is 4.79 Å². The van der Waals surface area contributed by atoms with Crippen LogP contribution in [0.5, 0.6) is 0 Å². The second-order valence-corrected chi connectivity index (χ2v) is 4.72. The number of ether oxygens (including phenoxy) is 1. The molecule has 1 atom stereocenters. The summed E-state index contributed by atoms with van der Waals surface area (Å²) in [5.41, 5.74) is 0.0579. The van der Waals surface area contributed by atoms with E-state index >= 15 is 0 Å². The van der Waals surface area contributed by atoms with E-state index in [2.05, 4.69) is 44.7 Å². The topological polar surface area (TPSA) is 38.3 Å². The molecule has 0 aromatic rings. The van der Waals surface area contributed by atoms with Crippen LogP contribution in [-0.2, 0) is 4.74 Å². The largest absolute Gasteiger partial charge is 0.453 e. The quantitative estimate of drug-likeness (QED) is 0.721. The minimum absolute atomic E-state index is 0.0579. The Hall–Kier alpha value is -0.730. The second-order valence-electron chi connectivity index (χ2n) is 4.72. The molecule has 0 aliphatic carbocycles. The molecule has 0 saturated heterocycles.